The molecule has 0 amide bonds. The molecule has 0 fully saturated rings. The van der Waals surface area contributed by atoms with Gasteiger partial charge in [-0.3, -0.25) is 0 Å². The van der Waals surface area contributed by atoms with E-state index in [1.165, 1.54) is 0 Å². The molecule has 0 aliphatic carbocycles. The molecule has 3 nitrogen and oxygen atoms in total. The van der Waals surface area contributed by atoms with Crippen molar-refractivity contribution < 1.29 is 67.6 Å². The minimum atomic E-state index is -6.54. The molecule has 0 bridgehead atoms. The van der Waals surface area contributed by atoms with E-state index in [-0.39, 0.29) is 13.8 Å². The average molecular weight is 418 g/mol. The highest BCUT2D eigenvalue weighted by atomic mass is 19.4. The van der Waals surface area contributed by atoms with Crippen LogP contribution in [0.2, 0.25) is 0 Å². The molecular weight excluding hydrogens is 408 g/mol. The fraction of sp³-hybridized carbons (Fsp3) is 0.818. The highest BCUT2D eigenvalue weighted by Crippen LogP contribution is 2.54. The van der Waals surface area contributed by atoms with Gasteiger partial charge in [0.15, 0.2) is 0 Å². The summed E-state index contributed by atoms with van der Waals surface area (Å²) in [6, 6.07) is 0. The van der Waals surface area contributed by atoms with E-state index >= 15 is 0 Å². The van der Waals surface area contributed by atoms with Crippen molar-refractivity contribution in [2.24, 2.45) is 5.41 Å². The lowest BCUT2D eigenvalue weighted by Crippen LogP contribution is -2.65. The number of alkyl halides is 12. The van der Waals surface area contributed by atoms with Crippen molar-refractivity contribution in [3.63, 3.8) is 0 Å². The van der Waals surface area contributed by atoms with Crippen LogP contribution in [0.1, 0.15) is 13.8 Å². The van der Waals surface area contributed by atoms with Crippen molar-refractivity contribution in [3.05, 3.63) is 12.3 Å². The number of hydrogen-bond donors (Lipinski definition) is 2. The van der Waals surface area contributed by atoms with Gasteiger partial charge in [0.05, 0.1) is 6.26 Å². The normalized spacial score (nSPS) is 16.3. The monoisotopic (exact) mass is 418 g/mol. The van der Waals surface area contributed by atoms with Gasteiger partial charge in [0.1, 0.15) is 0 Å². The van der Waals surface area contributed by atoms with Crippen LogP contribution >= 0.6 is 0 Å². The summed E-state index contributed by atoms with van der Waals surface area (Å²) in [5.74, 6) is -5.90. The molecule has 2 N–H and O–H groups in total. The Balaban J connectivity index is 6.02. The van der Waals surface area contributed by atoms with Crippen LogP contribution < -0.4 is 0 Å². The van der Waals surface area contributed by atoms with Gasteiger partial charge in [-0.05, 0) is 6.08 Å². The molecule has 0 heterocycles. The van der Waals surface area contributed by atoms with Crippen LogP contribution in [0.5, 0.6) is 0 Å². The van der Waals surface area contributed by atoms with Crippen molar-refractivity contribution in [1.82, 2.24) is 0 Å². The Morgan fingerprint density at radius 2 is 0.923 bits per heavy atom. The summed E-state index contributed by atoms with van der Waals surface area (Å²) in [5.41, 5.74) is -9.11. The Bertz CT molecular complexity index is 495. The number of ether oxygens (including phenoxy) is 1. The minimum Gasteiger partial charge on any atom is -0.455 e. The average Bonchev–Trinajstić information content (AvgIpc) is 2.31. The maximum absolute atomic E-state index is 12.7. The molecule has 0 aromatic heterocycles. The number of hydrogen-bond acceptors (Lipinski definition) is 3. The van der Waals surface area contributed by atoms with Crippen molar-refractivity contribution in [2.45, 2.75) is 49.9 Å². The summed E-state index contributed by atoms with van der Waals surface area (Å²) in [6.07, 6.45) is -27.3. The topological polar surface area (TPSA) is 49.7 Å². The third-order valence-electron chi connectivity index (χ3n) is 3.24. The molecule has 15 heteroatoms. The molecular formula is C11H10F12O3. The van der Waals surface area contributed by atoms with Gasteiger partial charge in [-0.15, -0.1) is 0 Å². The second kappa shape index (κ2) is 6.35. The van der Waals surface area contributed by atoms with Crippen LogP contribution in [0.4, 0.5) is 52.7 Å². The number of aliphatic hydroxyl groups is 2. The highest BCUT2D eigenvalue weighted by molar-refractivity contribution is 5.12. The van der Waals surface area contributed by atoms with Gasteiger partial charge in [0, 0.05) is 5.41 Å². The molecule has 0 spiro atoms. The van der Waals surface area contributed by atoms with E-state index in [4.69, 9.17) is 10.2 Å². The Morgan fingerprint density at radius 3 is 1.15 bits per heavy atom. The maximum atomic E-state index is 12.7. The van der Waals surface area contributed by atoms with Crippen LogP contribution in [0.3, 0.4) is 0 Å². The van der Waals surface area contributed by atoms with E-state index in [1.807, 2.05) is 0 Å². The fourth-order valence-electron chi connectivity index (χ4n) is 1.61. The SMILES string of the molecule is CC(C)(/C=C/OC(O)(C(F)(F)F)C(F)(F)F)C(O)(C(F)(F)F)C(F)(F)F. The molecule has 0 unspecified atom stereocenters. The predicted molar refractivity (Wildman–Crippen MR) is 58.1 cm³/mol. The molecule has 156 valence electrons. The largest absolute Gasteiger partial charge is 0.465 e. The first-order chi connectivity index (χ1) is 11.0. The van der Waals surface area contributed by atoms with Gasteiger partial charge in [-0.25, -0.2) is 0 Å². The van der Waals surface area contributed by atoms with E-state index in [2.05, 4.69) is 4.74 Å². The van der Waals surface area contributed by atoms with Crippen LogP contribution in [0, 0.1) is 5.41 Å². The summed E-state index contributed by atoms with van der Waals surface area (Å²) >= 11 is 0. The molecule has 0 radical (unpaired) electrons. The molecule has 0 aromatic carbocycles. The molecule has 0 aromatic rings. The van der Waals surface area contributed by atoms with Crippen molar-refractivity contribution in [3.8, 4) is 0 Å². The molecule has 0 aliphatic heterocycles. The molecule has 26 heavy (non-hydrogen) atoms. The van der Waals surface area contributed by atoms with Gasteiger partial charge in [-0.2, -0.15) is 52.7 Å². The number of rotatable bonds is 4. The smallest absolute Gasteiger partial charge is 0.455 e. The summed E-state index contributed by atoms with van der Waals surface area (Å²) in [7, 11) is 0. The minimum absolute atomic E-state index is 0.0219. The van der Waals surface area contributed by atoms with E-state index in [1.54, 1.807) is 0 Å². The Morgan fingerprint density at radius 1 is 0.615 bits per heavy atom. The Kier molecular flexibility index (Phi) is 6.01. The third kappa shape index (κ3) is 3.97. The molecule has 0 saturated heterocycles. The predicted octanol–water partition coefficient (Wildman–Crippen LogP) is 4.21. The molecule has 0 atom stereocenters. The van der Waals surface area contributed by atoms with Gasteiger partial charge >= 0.3 is 30.5 Å². The second-order valence-electron chi connectivity index (χ2n) is 5.49. The van der Waals surface area contributed by atoms with Crippen molar-refractivity contribution in [2.75, 3.05) is 0 Å². The van der Waals surface area contributed by atoms with Crippen LogP contribution in [0.25, 0.3) is 0 Å². The standard InChI is InChI=1S/C11H10F12O3/c1-5(2,6(24,8(12,13)14)9(15,16)17)3-4-26-7(25,10(18,19)20)11(21,22)23/h3-4,24-25H,1-2H3/b4-3+. The zero-order chi connectivity index (χ0) is 21.6. The first-order valence-electron chi connectivity index (χ1n) is 6.03. The van der Waals surface area contributed by atoms with E-state index in [9.17, 15) is 52.7 Å². The van der Waals surface area contributed by atoms with Gasteiger partial charge in [-0.1, -0.05) is 13.8 Å². The van der Waals surface area contributed by atoms with Crippen LogP contribution in [0.15, 0.2) is 12.3 Å². The molecule has 0 rings (SSSR count). The van der Waals surface area contributed by atoms with Crippen LogP contribution in [-0.4, -0.2) is 46.3 Å². The van der Waals surface area contributed by atoms with E-state index < -0.39 is 53.8 Å². The van der Waals surface area contributed by atoms with Gasteiger partial charge < -0.3 is 14.9 Å². The lowest BCUT2D eigenvalue weighted by Gasteiger charge is -2.42. The first kappa shape index (κ1) is 24.6. The van der Waals surface area contributed by atoms with Crippen molar-refractivity contribution >= 4 is 0 Å². The zero-order valence-electron chi connectivity index (χ0n) is 12.5. The maximum Gasteiger partial charge on any atom is 0.465 e. The van der Waals surface area contributed by atoms with E-state index in [0.29, 0.717) is 0 Å². The van der Waals surface area contributed by atoms with Crippen molar-refractivity contribution in [1.29, 1.82) is 0 Å². The van der Waals surface area contributed by atoms with E-state index in [0.717, 1.165) is 0 Å². The highest BCUT2D eigenvalue weighted by Gasteiger charge is 2.76. The quantitative estimate of drug-likeness (QED) is 0.409. The fourth-order valence-corrected chi connectivity index (χ4v) is 1.61. The van der Waals surface area contributed by atoms with Crippen LogP contribution in [-0.2, 0) is 4.74 Å². The lowest BCUT2D eigenvalue weighted by atomic mass is 9.73. The second-order valence-corrected chi connectivity index (χ2v) is 5.49. The number of halogens is 12. The Labute approximate surface area is 136 Å². The van der Waals surface area contributed by atoms with Gasteiger partial charge in [0.2, 0.25) is 0 Å². The Hall–Kier alpha value is -1.38. The summed E-state index contributed by atoms with van der Waals surface area (Å²) in [5, 5.41) is 17.7. The molecule has 0 aliphatic rings. The lowest BCUT2D eigenvalue weighted by molar-refractivity contribution is -0.445. The first-order valence-corrected chi connectivity index (χ1v) is 6.03. The summed E-state index contributed by atoms with van der Waals surface area (Å²) in [4.78, 5) is 0. The van der Waals surface area contributed by atoms with Gasteiger partial charge in [0.25, 0.3) is 5.60 Å². The summed E-state index contributed by atoms with van der Waals surface area (Å²) in [6.45, 7) is 0.0438. The third-order valence-corrected chi connectivity index (χ3v) is 3.24. The zero-order valence-corrected chi connectivity index (χ0v) is 12.5. The summed E-state index contributed by atoms with van der Waals surface area (Å²) < 4.78 is 153. The molecule has 0 saturated carbocycles.